The van der Waals surface area contributed by atoms with Gasteiger partial charge in [-0.05, 0) is 23.2 Å². The quantitative estimate of drug-likeness (QED) is 0.358. The van der Waals surface area contributed by atoms with Gasteiger partial charge in [-0.3, -0.25) is 0 Å². The molecule has 1 aliphatic rings. The molecule has 88 valence electrons. The van der Waals surface area contributed by atoms with Gasteiger partial charge in [-0.1, -0.05) is 16.7 Å². The fourth-order valence-corrected chi connectivity index (χ4v) is 2.09. The molecule has 0 saturated heterocycles. The molecule has 17 heavy (non-hydrogen) atoms. The van der Waals surface area contributed by atoms with Gasteiger partial charge in [0.25, 0.3) is 0 Å². The first-order chi connectivity index (χ1) is 8.11. The van der Waals surface area contributed by atoms with Crippen molar-refractivity contribution in [1.82, 2.24) is 0 Å². The zero-order chi connectivity index (χ0) is 12.4. The molecule has 1 heterocycles. The molecule has 0 radical (unpaired) electrons. The third-order valence-electron chi connectivity index (χ3n) is 2.52. The van der Waals surface area contributed by atoms with Crippen LogP contribution in [0.3, 0.4) is 0 Å². The molecule has 1 atom stereocenters. The maximum absolute atomic E-state index is 9.21. The Hall–Kier alpha value is -1.40. The van der Waals surface area contributed by atoms with E-state index in [1.807, 2.05) is 0 Å². The molecule has 1 aromatic rings. The van der Waals surface area contributed by atoms with Crippen LogP contribution in [-0.4, -0.2) is 29.8 Å². The Bertz CT molecular complexity index is 491. The molecule has 1 aromatic carbocycles. The van der Waals surface area contributed by atoms with Gasteiger partial charge >= 0.3 is 7.12 Å². The zero-order valence-electron chi connectivity index (χ0n) is 8.75. The highest BCUT2D eigenvalue weighted by molar-refractivity contribution is 6.60. The summed E-state index contributed by atoms with van der Waals surface area (Å²) in [5.41, 5.74) is 9.26. The van der Waals surface area contributed by atoms with Crippen molar-refractivity contribution in [2.75, 3.05) is 6.54 Å². The van der Waals surface area contributed by atoms with Crippen LogP contribution in [0.2, 0.25) is 5.02 Å². The first-order valence-corrected chi connectivity index (χ1v) is 5.35. The second-order valence-electron chi connectivity index (χ2n) is 3.71. The second kappa shape index (κ2) is 4.85. The fourth-order valence-electron chi connectivity index (χ4n) is 1.84. The Kier molecular flexibility index (Phi) is 3.45. The number of azide groups is 1. The Morgan fingerprint density at radius 2 is 2.35 bits per heavy atom. The van der Waals surface area contributed by atoms with Crippen molar-refractivity contribution in [3.63, 3.8) is 0 Å². The molecule has 0 fully saturated rings. The van der Waals surface area contributed by atoms with E-state index in [1.165, 1.54) is 6.07 Å². The highest BCUT2D eigenvalue weighted by atomic mass is 35.5. The molecule has 1 unspecified atom stereocenters. The maximum Gasteiger partial charge on any atom is 0.492 e. The second-order valence-corrected chi connectivity index (χ2v) is 4.15. The highest BCUT2D eigenvalue weighted by Gasteiger charge is 2.29. The molecule has 8 heteroatoms. The van der Waals surface area contributed by atoms with Gasteiger partial charge in [0.05, 0.1) is 6.54 Å². The molecule has 0 aliphatic carbocycles. The molecule has 0 amide bonds. The molecule has 0 bridgehead atoms. The summed E-state index contributed by atoms with van der Waals surface area (Å²) >= 11 is 5.86. The Balaban J connectivity index is 2.30. The molecule has 0 aromatic heterocycles. The van der Waals surface area contributed by atoms with Gasteiger partial charge < -0.3 is 14.8 Å². The van der Waals surface area contributed by atoms with E-state index < -0.39 is 7.12 Å². The summed E-state index contributed by atoms with van der Waals surface area (Å²) in [6.45, 7) is 0.198. The average Bonchev–Trinajstić information content (AvgIpc) is 2.67. The minimum Gasteiger partial charge on any atom is -0.490 e. The SMILES string of the molecule is [N-]=[N+]=NCC1Cc2cc(Cl)cc(B(O)O)c2O1. The number of rotatable bonds is 3. The van der Waals surface area contributed by atoms with Crippen molar-refractivity contribution in [3.8, 4) is 5.75 Å². The fraction of sp³-hybridized carbons (Fsp3) is 0.333. The molecule has 2 rings (SSSR count). The van der Waals surface area contributed by atoms with Crippen molar-refractivity contribution in [3.05, 3.63) is 33.2 Å². The number of hydrogen-bond acceptors (Lipinski definition) is 4. The van der Waals surface area contributed by atoms with Crippen molar-refractivity contribution in [2.45, 2.75) is 12.5 Å². The normalized spacial score (nSPS) is 17.0. The molecular weight excluding hydrogens is 244 g/mol. The number of ether oxygens (including phenoxy) is 1. The van der Waals surface area contributed by atoms with E-state index in [9.17, 15) is 10.0 Å². The van der Waals surface area contributed by atoms with E-state index in [-0.39, 0.29) is 18.1 Å². The zero-order valence-corrected chi connectivity index (χ0v) is 9.50. The van der Waals surface area contributed by atoms with E-state index >= 15 is 0 Å². The number of fused-ring (bicyclic) bond motifs is 1. The van der Waals surface area contributed by atoms with Crippen molar-refractivity contribution in [2.24, 2.45) is 5.11 Å². The van der Waals surface area contributed by atoms with Crippen LogP contribution in [0.15, 0.2) is 17.2 Å². The first kappa shape index (κ1) is 12.1. The Labute approximate surface area is 103 Å². The summed E-state index contributed by atoms with van der Waals surface area (Å²) < 4.78 is 5.51. The van der Waals surface area contributed by atoms with Crippen LogP contribution in [0.25, 0.3) is 10.4 Å². The van der Waals surface area contributed by atoms with Gasteiger partial charge in [-0.25, -0.2) is 0 Å². The van der Waals surface area contributed by atoms with Gasteiger partial charge in [0, 0.05) is 21.8 Å². The Morgan fingerprint density at radius 1 is 1.59 bits per heavy atom. The molecule has 6 nitrogen and oxygen atoms in total. The molecule has 0 saturated carbocycles. The van der Waals surface area contributed by atoms with Crippen LogP contribution in [0, 0.1) is 0 Å². The van der Waals surface area contributed by atoms with Crippen molar-refractivity contribution in [1.29, 1.82) is 0 Å². The Morgan fingerprint density at radius 3 is 3.00 bits per heavy atom. The standard InChI is InChI=1S/C9H9BClN3O3/c11-6-1-5-2-7(4-13-14-12)17-9(5)8(3-6)10(15)16/h1,3,7,15-16H,2,4H2. The third kappa shape index (κ3) is 2.48. The summed E-state index contributed by atoms with van der Waals surface area (Å²) in [7, 11) is -1.64. The van der Waals surface area contributed by atoms with Gasteiger partial charge in [0.15, 0.2) is 0 Å². The topological polar surface area (TPSA) is 98.5 Å². The molecule has 2 N–H and O–H groups in total. The average molecular weight is 253 g/mol. The van der Waals surface area contributed by atoms with Crippen molar-refractivity contribution < 1.29 is 14.8 Å². The molecular formula is C9H9BClN3O3. The van der Waals surface area contributed by atoms with E-state index in [4.69, 9.17) is 21.9 Å². The minimum atomic E-state index is -1.64. The predicted molar refractivity (Wildman–Crippen MR) is 63.4 cm³/mol. The minimum absolute atomic E-state index is 0.198. The molecule has 1 aliphatic heterocycles. The summed E-state index contributed by atoms with van der Waals surface area (Å²) in [6.07, 6.45) is 0.256. The van der Waals surface area contributed by atoms with Crippen LogP contribution in [-0.2, 0) is 6.42 Å². The largest absolute Gasteiger partial charge is 0.492 e. The first-order valence-electron chi connectivity index (χ1n) is 4.97. The number of nitrogens with zero attached hydrogens (tertiary/aromatic N) is 3. The number of hydrogen-bond donors (Lipinski definition) is 2. The summed E-state index contributed by atoms with van der Waals surface area (Å²) in [4.78, 5) is 2.66. The smallest absolute Gasteiger partial charge is 0.490 e. The molecule has 0 spiro atoms. The van der Waals surface area contributed by atoms with Gasteiger partial charge in [-0.2, -0.15) is 0 Å². The lowest BCUT2D eigenvalue weighted by atomic mass is 9.78. The number of halogens is 1. The highest BCUT2D eigenvalue weighted by Crippen LogP contribution is 2.30. The monoisotopic (exact) mass is 253 g/mol. The van der Waals surface area contributed by atoms with Crippen molar-refractivity contribution >= 4 is 24.2 Å². The van der Waals surface area contributed by atoms with E-state index in [1.54, 1.807) is 6.07 Å². The lowest BCUT2D eigenvalue weighted by Gasteiger charge is -2.10. The lowest BCUT2D eigenvalue weighted by molar-refractivity contribution is 0.242. The maximum atomic E-state index is 9.21. The van der Waals surface area contributed by atoms with Crippen LogP contribution in [0.4, 0.5) is 0 Å². The summed E-state index contributed by atoms with van der Waals surface area (Å²) in [5.74, 6) is 0.419. The van der Waals surface area contributed by atoms with Gasteiger partial charge in [-0.15, -0.1) is 0 Å². The van der Waals surface area contributed by atoms with E-state index in [2.05, 4.69) is 10.0 Å². The van der Waals surface area contributed by atoms with E-state index in [0.29, 0.717) is 17.2 Å². The van der Waals surface area contributed by atoms with E-state index in [0.717, 1.165) is 5.56 Å². The summed E-state index contributed by atoms with van der Waals surface area (Å²) in [6, 6.07) is 3.15. The summed E-state index contributed by atoms with van der Waals surface area (Å²) in [5, 5.41) is 22.3. The predicted octanol–water partition coefficient (Wildman–Crippen LogP) is 0.634. The van der Waals surface area contributed by atoms with Crippen LogP contribution in [0.5, 0.6) is 5.75 Å². The van der Waals surface area contributed by atoms with Crippen LogP contribution < -0.4 is 10.2 Å². The number of benzene rings is 1. The van der Waals surface area contributed by atoms with Gasteiger partial charge in [0.2, 0.25) is 0 Å². The third-order valence-corrected chi connectivity index (χ3v) is 2.74. The van der Waals surface area contributed by atoms with Crippen LogP contribution in [0.1, 0.15) is 5.56 Å². The van der Waals surface area contributed by atoms with Gasteiger partial charge in [0.1, 0.15) is 11.9 Å². The van der Waals surface area contributed by atoms with Crippen LogP contribution >= 0.6 is 11.6 Å². The lowest BCUT2D eigenvalue weighted by Crippen LogP contribution is -2.31.